The standard InChI is InChI=1S/C15H20N2O2/c1-10-8-17(9-11(2)19-10)15(18)14-7-12-5-3-4-6-13(12)16-14/h3-6,10-11,14,16H,7-9H2,1-2H3/t10-,11-,14+/m1/s1. The molecule has 2 aliphatic heterocycles. The number of para-hydroxylation sites is 1. The van der Waals surface area contributed by atoms with E-state index in [0.29, 0.717) is 13.1 Å². The third kappa shape index (κ3) is 2.45. The molecule has 102 valence electrons. The van der Waals surface area contributed by atoms with Crippen LogP contribution in [-0.2, 0) is 16.0 Å². The van der Waals surface area contributed by atoms with Crippen molar-refractivity contribution in [3.63, 3.8) is 0 Å². The molecule has 19 heavy (non-hydrogen) atoms. The van der Waals surface area contributed by atoms with E-state index >= 15 is 0 Å². The number of amides is 1. The highest BCUT2D eigenvalue weighted by Gasteiger charge is 2.33. The number of nitrogens with zero attached hydrogens (tertiary/aromatic N) is 1. The minimum Gasteiger partial charge on any atom is -0.373 e. The largest absolute Gasteiger partial charge is 0.373 e. The highest BCUT2D eigenvalue weighted by Crippen LogP contribution is 2.26. The molecule has 0 aromatic heterocycles. The molecule has 0 radical (unpaired) electrons. The molecule has 0 aliphatic carbocycles. The molecule has 1 fully saturated rings. The van der Waals surface area contributed by atoms with Gasteiger partial charge in [-0.1, -0.05) is 18.2 Å². The van der Waals surface area contributed by atoms with Crippen molar-refractivity contribution in [2.45, 2.75) is 38.5 Å². The molecule has 3 atom stereocenters. The Balaban J connectivity index is 1.69. The third-order valence-electron chi connectivity index (χ3n) is 3.80. The second-order valence-corrected chi connectivity index (χ2v) is 5.56. The van der Waals surface area contributed by atoms with Crippen LogP contribution in [0.5, 0.6) is 0 Å². The molecule has 0 spiro atoms. The van der Waals surface area contributed by atoms with E-state index in [0.717, 1.165) is 12.1 Å². The molecule has 0 bridgehead atoms. The fourth-order valence-corrected chi connectivity index (χ4v) is 3.03. The summed E-state index contributed by atoms with van der Waals surface area (Å²) >= 11 is 0. The maximum atomic E-state index is 12.6. The molecule has 1 N–H and O–H groups in total. The lowest BCUT2D eigenvalue weighted by Gasteiger charge is -2.36. The Bertz CT molecular complexity index is 454. The lowest BCUT2D eigenvalue weighted by Crippen LogP contribution is -2.52. The minimum atomic E-state index is -0.116. The number of fused-ring (bicyclic) bond motifs is 1. The predicted octanol–water partition coefficient (Wildman–Crippen LogP) is 1.66. The van der Waals surface area contributed by atoms with E-state index in [2.05, 4.69) is 11.4 Å². The summed E-state index contributed by atoms with van der Waals surface area (Å²) in [7, 11) is 0. The van der Waals surface area contributed by atoms with Crippen molar-refractivity contribution in [3.8, 4) is 0 Å². The van der Waals surface area contributed by atoms with Crippen molar-refractivity contribution >= 4 is 11.6 Å². The number of rotatable bonds is 1. The van der Waals surface area contributed by atoms with Gasteiger partial charge in [-0.3, -0.25) is 4.79 Å². The van der Waals surface area contributed by atoms with Crippen LogP contribution in [0, 0.1) is 0 Å². The van der Waals surface area contributed by atoms with Crippen molar-refractivity contribution in [1.29, 1.82) is 0 Å². The minimum absolute atomic E-state index is 0.116. The number of benzene rings is 1. The van der Waals surface area contributed by atoms with Crippen molar-refractivity contribution in [1.82, 2.24) is 4.90 Å². The molecule has 1 aromatic rings. The SMILES string of the molecule is C[C@@H]1CN(C(=O)[C@@H]2Cc3ccccc3N2)C[C@@H](C)O1. The Morgan fingerprint density at radius 3 is 2.63 bits per heavy atom. The van der Waals surface area contributed by atoms with Gasteiger partial charge in [0.05, 0.1) is 12.2 Å². The van der Waals surface area contributed by atoms with Crippen molar-refractivity contribution in [2.24, 2.45) is 0 Å². The summed E-state index contributed by atoms with van der Waals surface area (Å²) in [4.78, 5) is 14.5. The lowest BCUT2D eigenvalue weighted by molar-refractivity contribution is -0.143. The Labute approximate surface area is 113 Å². The van der Waals surface area contributed by atoms with Crippen LogP contribution >= 0.6 is 0 Å². The van der Waals surface area contributed by atoms with Crippen LogP contribution in [0.15, 0.2) is 24.3 Å². The van der Waals surface area contributed by atoms with E-state index in [1.807, 2.05) is 36.9 Å². The molecule has 3 rings (SSSR count). The monoisotopic (exact) mass is 260 g/mol. The van der Waals surface area contributed by atoms with Gasteiger partial charge >= 0.3 is 0 Å². The van der Waals surface area contributed by atoms with Gasteiger partial charge in [-0.05, 0) is 25.5 Å². The fourth-order valence-electron chi connectivity index (χ4n) is 3.03. The Kier molecular flexibility index (Phi) is 3.19. The molecular weight excluding hydrogens is 240 g/mol. The average Bonchev–Trinajstić information content (AvgIpc) is 2.80. The van der Waals surface area contributed by atoms with E-state index in [1.54, 1.807) is 0 Å². The molecule has 1 saturated heterocycles. The summed E-state index contributed by atoms with van der Waals surface area (Å²) < 4.78 is 5.68. The first kappa shape index (κ1) is 12.5. The number of morpholine rings is 1. The Morgan fingerprint density at radius 2 is 1.95 bits per heavy atom. The number of hydrogen-bond donors (Lipinski definition) is 1. The molecule has 0 saturated carbocycles. The Hall–Kier alpha value is -1.55. The number of anilines is 1. The topological polar surface area (TPSA) is 41.6 Å². The van der Waals surface area contributed by atoms with Gasteiger partial charge in [-0.15, -0.1) is 0 Å². The van der Waals surface area contributed by atoms with E-state index in [1.165, 1.54) is 5.56 Å². The van der Waals surface area contributed by atoms with Crippen molar-refractivity contribution in [2.75, 3.05) is 18.4 Å². The normalized spacial score (nSPS) is 29.8. The second kappa shape index (κ2) is 4.85. The van der Waals surface area contributed by atoms with E-state index in [9.17, 15) is 4.79 Å². The zero-order chi connectivity index (χ0) is 13.4. The molecule has 2 heterocycles. The third-order valence-corrected chi connectivity index (χ3v) is 3.80. The molecule has 1 aromatic carbocycles. The zero-order valence-corrected chi connectivity index (χ0v) is 11.4. The molecule has 4 heteroatoms. The van der Waals surface area contributed by atoms with Gasteiger partial charge in [0.25, 0.3) is 0 Å². The van der Waals surface area contributed by atoms with Crippen molar-refractivity contribution in [3.05, 3.63) is 29.8 Å². The molecule has 4 nitrogen and oxygen atoms in total. The first-order valence-corrected chi connectivity index (χ1v) is 6.92. The maximum absolute atomic E-state index is 12.6. The average molecular weight is 260 g/mol. The van der Waals surface area contributed by atoms with E-state index in [4.69, 9.17) is 4.74 Å². The molecule has 1 amide bonds. The summed E-state index contributed by atoms with van der Waals surface area (Å²) in [5.74, 6) is 0.193. The summed E-state index contributed by atoms with van der Waals surface area (Å²) in [6, 6.07) is 8.02. The second-order valence-electron chi connectivity index (χ2n) is 5.56. The van der Waals surface area contributed by atoms with Crippen LogP contribution in [0.2, 0.25) is 0 Å². The highest BCUT2D eigenvalue weighted by molar-refractivity contribution is 5.87. The maximum Gasteiger partial charge on any atom is 0.245 e. The summed E-state index contributed by atoms with van der Waals surface area (Å²) in [5, 5.41) is 3.33. The van der Waals surface area contributed by atoms with Crippen LogP contribution < -0.4 is 5.32 Å². The first-order chi connectivity index (χ1) is 9.13. The van der Waals surface area contributed by atoms with Gasteiger partial charge in [-0.2, -0.15) is 0 Å². The van der Waals surface area contributed by atoms with Crippen LogP contribution in [0.25, 0.3) is 0 Å². The molecule has 2 aliphatic rings. The number of nitrogens with one attached hydrogen (secondary N) is 1. The fraction of sp³-hybridized carbons (Fsp3) is 0.533. The van der Waals surface area contributed by atoms with Crippen LogP contribution in [-0.4, -0.2) is 42.1 Å². The van der Waals surface area contributed by atoms with Gasteiger partial charge in [0.1, 0.15) is 6.04 Å². The van der Waals surface area contributed by atoms with Crippen molar-refractivity contribution < 1.29 is 9.53 Å². The van der Waals surface area contributed by atoms with Gasteiger partial charge in [0.15, 0.2) is 0 Å². The van der Waals surface area contributed by atoms with Gasteiger partial charge in [0, 0.05) is 25.2 Å². The smallest absolute Gasteiger partial charge is 0.245 e. The molecular formula is C15H20N2O2. The van der Waals surface area contributed by atoms with Crippen LogP contribution in [0.1, 0.15) is 19.4 Å². The van der Waals surface area contributed by atoms with E-state index in [-0.39, 0.29) is 24.2 Å². The number of carbonyl (C=O) groups is 1. The predicted molar refractivity (Wildman–Crippen MR) is 74.1 cm³/mol. The lowest BCUT2D eigenvalue weighted by atomic mass is 10.1. The first-order valence-electron chi connectivity index (χ1n) is 6.92. The zero-order valence-electron chi connectivity index (χ0n) is 11.4. The highest BCUT2D eigenvalue weighted by atomic mass is 16.5. The van der Waals surface area contributed by atoms with Gasteiger partial charge < -0.3 is 15.0 Å². The van der Waals surface area contributed by atoms with Gasteiger partial charge in [-0.25, -0.2) is 0 Å². The van der Waals surface area contributed by atoms with E-state index < -0.39 is 0 Å². The number of carbonyl (C=O) groups excluding carboxylic acids is 1. The summed E-state index contributed by atoms with van der Waals surface area (Å²) in [5.41, 5.74) is 2.32. The Morgan fingerprint density at radius 1 is 1.26 bits per heavy atom. The number of ether oxygens (including phenoxy) is 1. The number of hydrogen-bond acceptors (Lipinski definition) is 3. The summed E-state index contributed by atoms with van der Waals surface area (Å²) in [6.07, 6.45) is 1.03. The van der Waals surface area contributed by atoms with Crippen LogP contribution in [0.4, 0.5) is 5.69 Å². The quantitative estimate of drug-likeness (QED) is 0.835. The van der Waals surface area contributed by atoms with Crippen LogP contribution in [0.3, 0.4) is 0 Å². The summed E-state index contributed by atoms with van der Waals surface area (Å²) in [6.45, 7) is 5.43. The van der Waals surface area contributed by atoms with Gasteiger partial charge in [0.2, 0.25) is 5.91 Å². The molecule has 0 unspecified atom stereocenters.